The summed E-state index contributed by atoms with van der Waals surface area (Å²) in [6.45, 7) is 2.41. The van der Waals surface area contributed by atoms with Crippen molar-refractivity contribution in [3.05, 3.63) is 34.3 Å². The average molecular weight is 311 g/mol. The van der Waals surface area contributed by atoms with E-state index in [1.54, 1.807) is 0 Å². The van der Waals surface area contributed by atoms with Crippen molar-refractivity contribution in [3.8, 4) is 0 Å². The Hall–Kier alpha value is -0.870. The first-order chi connectivity index (χ1) is 8.58. The summed E-state index contributed by atoms with van der Waals surface area (Å²) in [5.74, 6) is 0.119. The van der Waals surface area contributed by atoms with E-state index in [-0.39, 0.29) is 17.4 Å². The third kappa shape index (κ3) is 2.45. The molecule has 3 N–H and O–H groups in total. The molecule has 2 rings (SSSR count). The molecule has 0 aromatic heterocycles. The highest BCUT2D eigenvalue weighted by Gasteiger charge is 2.45. The van der Waals surface area contributed by atoms with Crippen LogP contribution < -0.4 is 11.1 Å². The van der Waals surface area contributed by atoms with E-state index in [0.29, 0.717) is 6.54 Å². The Balaban J connectivity index is 2.20. The molecule has 1 aromatic carbocycles. The van der Waals surface area contributed by atoms with Gasteiger partial charge in [0.25, 0.3) is 0 Å². The lowest BCUT2D eigenvalue weighted by Gasteiger charge is -2.41. The lowest BCUT2D eigenvalue weighted by Crippen LogP contribution is -2.52. The summed E-state index contributed by atoms with van der Waals surface area (Å²) in [5, 5.41) is 3.01. The van der Waals surface area contributed by atoms with Crippen molar-refractivity contribution in [2.24, 2.45) is 5.73 Å². The number of carbonyl (C=O) groups is 1. The number of nitrogens with one attached hydrogen (secondary N) is 1. The minimum Gasteiger partial charge on any atom is -0.352 e. The van der Waals surface area contributed by atoms with Crippen molar-refractivity contribution in [1.29, 1.82) is 0 Å². The summed E-state index contributed by atoms with van der Waals surface area (Å²) >= 11 is 3.42. The Bertz CT molecular complexity index is 426. The van der Waals surface area contributed by atoms with Crippen molar-refractivity contribution >= 4 is 21.8 Å². The third-order valence-electron chi connectivity index (χ3n) is 3.77. The molecule has 0 unspecified atom stereocenters. The van der Waals surface area contributed by atoms with Gasteiger partial charge in [-0.25, -0.2) is 0 Å². The highest BCUT2D eigenvalue weighted by molar-refractivity contribution is 9.10. The van der Waals surface area contributed by atoms with E-state index in [1.165, 1.54) is 0 Å². The number of hydrogen-bond donors (Lipinski definition) is 2. The van der Waals surface area contributed by atoms with E-state index in [4.69, 9.17) is 5.73 Å². The fourth-order valence-electron chi connectivity index (χ4n) is 2.37. The zero-order valence-electron chi connectivity index (χ0n) is 10.6. The van der Waals surface area contributed by atoms with Gasteiger partial charge in [-0.15, -0.1) is 0 Å². The monoisotopic (exact) mass is 310 g/mol. The van der Waals surface area contributed by atoms with Crippen molar-refractivity contribution in [2.75, 3.05) is 6.54 Å². The smallest absolute Gasteiger partial charge is 0.230 e. The van der Waals surface area contributed by atoms with Crippen LogP contribution in [0.3, 0.4) is 0 Å². The fraction of sp³-hybridized carbons (Fsp3) is 0.500. The Morgan fingerprint density at radius 1 is 1.44 bits per heavy atom. The van der Waals surface area contributed by atoms with E-state index < -0.39 is 0 Å². The standard InChI is InChI=1S/C14H19BrN2O/c1-10(9-16)17-13(18)14(7-2-8-14)11-3-5-12(15)6-4-11/h3-6,10H,2,7-9,16H2,1H3,(H,17,18)/t10-/m0/s1. The van der Waals surface area contributed by atoms with Gasteiger partial charge >= 0.3 is 0 Å². The zero-order chi connectivity index (χ0) is 13.2. The summed E-state index contributed by atoms with van der Waals surface area (Å²) in [5.41, 5.74) is 6.34. The van der Waals surface area contributed by atoms with Crippen LogP contribution in [0, 0.1) is 0 Å². The number of nitrogens with two attached hydrogens (primary N) is 1. The van der Waals surface area contributed by atoms with Gasteiger partial charge in [-0.2, -0.15) is 0 Å². The van der Waals surface area contributed by atoms with Gasteiger partial charge in [-0.05, 0) is 37.5 Å². The maximum Gasteiger partial charge on any atom is 0.230 e. The van der Waals surface area contributed by atoms with Crippen LogP contribution in [0.2, 0.25) is 0 Å². The normalized spacial score (nSPS) is 18.8. The van der Waals surface area contributed by atoms with Crippen LogP contribution in [0.15, 0.2) is 28.7 Å². The molecule has 1 aliphatic carbocycles. The molecule has 1 aliphatic rings. The van der Waals surface area contributed by atoms with Gasteiger partial charge in [-0.1, -0.05) is 34.5 Å². The van der Waals surface area contributed by atoms with Crippen molar-refractivity contribution in [2.45, 2.75) is 37.6 Å². The summed E-state index contributed by atoms with van der Waals surface area (Å²) < 4.78 is 1.04. The Kier molecular flexibility index (Phi) is 4.07. The minimum atomic E-state index is -0.329. The molecule has 0 saturated heterocycles. The molecule has 0 heterocycles. The molecular formula is C14H19BrN2O. The first-order valence-corrected chi connectivity index (χ1v) is 7.15. The van der Waals surface area contributed by atoms with E-state index in [1.807, 2.05) is 31.2 Å². The van der Waals surface area contributed by atoms with Gasteiger partial charge in [0.05, 0.1) is 5.41 Å². The van der Waals surface area contributed by atoms with Crippen LogP contribution in [0.1, 0.15) is 31.7 Å². The van der Waals surface area contributed by atoms with E-state index >= 15 is 0 Å². The quantitative estimate of drug-likeness (QED) is 0.897. The molecule has 1 amide bonds. The summed E-state index contributed by atoms with van der Waals surface area (Å²) in [6.07, 6.45) is 2.97. The predicted octanol–water partition coefficient (Wildman–Crippen LogP) is 2.33. The van der Waals surface area contributed by atoms with Crippen molar-refractivity contribution in [1.82, 2.24) is 5.32 Å². The summed E-state index contributed by atoms with van der Waals surface area (Å²) in [6, 6.07) is 8.10. The summed E-state index contributed by atoms with van der Waals surface area (Å²) in [7, 11) is 0. The van der Waals surface area contributed by atoms with Gasteiger partial charge in [0, 0.05) is 17.1 Å². The molecule has 4 heteroatoms. The largest absolute Gasteiger partial charge is 0.352 e. The minimum absolute atomic E-state index is 0.0328. The van der Waals surface area contributed by atoms with Gasteiger partial charge < -0.3 is 11.1 Å². The molecule has 1 atom stereocenters. The van der Waals surface area contributed by atoms with Crippen molar-refractivity contribution in [3.63, 3.8) is 0 Å². The molecule has 0 aliphatic heterocycles. The Labute approximate surface area is 116 Å². The van der Waals surface area contributed by atoms with Crippen molar-refractivity contribution < 1.29 is 4.79 Å². The molecule has 18 heavy (non-hydrogen) atoms. The topological polar surface area (TPSA) is 55.1 Å². The average Bonchev–Trinajstić information content (AvgIpc) is 2.30. The van der Waals surface area contributed by atoms with Crippen LogP contribution in [-0.2, 0) is 10.2 Å². The number of rotatable bonds is 4. The second-order valence-electron chi connectivity index (χ2n) is 5.05. The number of benzene rings is 1. The molecule has 0 radical (unpaired) electrons. The first kappa shape index (κ1) is 13.6. The maximum absolute atomic E-state index is 12.4. The summed E-state index contributed by atoms with van der Waals surface area (Å²) in [4.78, 5) is 12.4. The third-order valence-corrected chi connectivity index (χ3v) is 4.30. The van der Waals surface area contributed by atoms with E-state index in [9.17, 15) is 4.79 Å². The fourth-order valence-corrected chi connectivity index (χ4v) is 2.63. The Morgan fingerprint density at radius 3 is 2.50 bits per heavy atom. The molecule has 1 aromatic rings. The molecule has 1 fully saturated rings. The van der Waals surface area contributed by atoms with Gasteiger partial charge in [-0.3, -0.25) is 4.79 Å². The SMILES string of the molecule is C[C@@H](CN)NC(=O)C1(c2ccc(Br)cc2)CCC1. The van der Waals surface area contributed by atoms with Crippen LogP contribution in [0.5, 0.6) is 0 Å². The van der Waals surface area contributed by atoms with Gasteiger partial charge in [0.1, 0.15) is 0 Å². The highest BCUT2D eigenvalue weighted by atomic mass is 79.9. The number of carbonyl (C=O) groups excluding carboxylic acids is 1. The lowest BCUT2D eigenvalue weighted by molar-refractivity contribution is -0.130. The molecule has 0 bridgehead atoms. The molecule has 98 valence electrons. The number of hydrogen-bond acceptors (Lipinski definition) is 2. The second-order valence-corrected chi connectivity index (χ2v) is 5.97. The second kappa shape index (κ2) is 5.41. The molecular weight excluding hydrogens is 292 g/mol. The van der Waals surface area contributed by atoms with Crippen LogP contribution in [-0.4, -0.2) is 18.5 Å². The van der Waals surface area contributed by atoms with Crippen LogP contribution in [0.4, 0.5) is 0 Å². The predicted molar refractivity (Wildman–Crippen MR) is 76.3 cm³/mol. The van der Waals surface area contributed by atoms with Crippen LogP contribution in [0.25, 0.3) is 0 Å². The lowest BCUT2D eigenvalue weighted by atomic mass is 9.63. The number of amides is 1. The molecule has 0 spiro atoms. The molecule has 1 saturated carbocycles. The van der Waals surface area contributed by atoms with Crippen LogP contribution >= 0.6 is 15.9 Å². The van der Waals surface area contributed by atoms with Gasteiger partial charge in [0.15, 0.2) is 0 Å². The van der Waals surface area contributed by atoms with E-state index in [2.05, 4.69) is 21.2 Å². The van der Waals surface area contributed by atoms with E-state index in [0.717, 1.165) is 29.3 Å². The Morgan fingerprint density at radius 2 is 2.06 bits per heavy atom. The zero-order valence-corrected chi connectivity index (χ0v) is 12.2. The van der Waals surface area contributed by atoms with Gasteiger partial charge in [0.2, 0.25) is 5.91 Å². The molecule has 3 nitrogen and oxygen atoms in total. The highest BCUT2D eigenvalue weighted by Crippen LogP contribution is 2.44. The first-order valence-electron chi connectivity index (χ1n) is 6.35. The maximum atomic E-state index is 12.4. The number of halogens is 1.